The van der Waals surface area contributed by atoms with Crippen LogP contribution in [0.3, 0.4) is 0 Å². The van der Waals surface area contributed by atoms with E-state index >= 15 is 0 Å². The van der Waals surface area contributed by atoms with E-state index in [1.807, 2.05) is 24.3 Å². The molecular weight excluding hydrogens is 255 g/mol. The van der Waals surface area contributed by atoms with Gasteiger partial charge in [-0.05, 0) is 29.3 Å². The van der Waals surface area contributed by atoms with Gasteiger partial charge in [-0.3, -0.25) is 4.98 Å². The van der Waals surface area contributed by atoms with Crippen LogP contribution in [0, 0.1) is 0 Å². The first-order valence-electron chi connectivity index (χ1n) is 5.28. The fourth-order valence-corrected chi connectivity index (χ4v) is 2.27. The third-order valence-electron chi connectivity index (χ3n) is 2.70. The summed E-state index contributed by atoms with van der Waals surface area (Å²) in [5, 5.41) is 1.12. The Bertz CT molecular complexity index is 500. The Morgan fingerprint density at radius 2 is 1.82 bits per heavy atom. The molecule has 1 atom stereocenters. The van der Waals surface area contributed by atoms with Crippen LogP contribution in [0.25, 0.3) is 0 Å². The Labute approximate surface area is 110 Å². The standard InChI is InChI=1S/C13H12Cl2N2/c14-12-3-1-2-10(13(12)15)11(8-16)9-4-6-17-7-5-9/h1-7,11H,8,16H2. The van der Waals surface area contributed by atoms with Crippen molar-refractivity contribution in [3.8, 4) is 0 Å². The summed E-state index contributed by atoms with van der Waals surface area (Å²) in [4.78, 5) is 4.00. The average Bonchev–Trinajstić information content (AvgIpc) is 2.37. The van der Waals surface area contributed by atoms with Crippen molar-refractivity contribution >= 4 is 23.2 Å². The molecule has 0 aliphatic carbocycles. The van der Waals surface area contributed by atoms with Crippen molar-refractivity contribution in [3.05, 3.63) is 63.9 Å². The largest absolute Gasteiger partial charge is 0.330 e. The molecule has 0 radical (unpaired) electrons. The third kappa shape index (κ3) is 2.60. The zero-order chi connectivity index (χ0) is 12.3. The molecule has 4 heteroatoms. The van der Waals surface area contributed by atoms with Crippen LogP contribution in [0.15, 0.2) is 42.7 Å². The summed E-state index contributed by atoms with van der Waals surface area (Å²) >= 11 is 12.2. The third-order valence-corrected chi connectivity index (χ3v) is 3.53. The Morgan fingerprint density at radius 3 is 2.47 bits per heavy atom. The normalized spacial score (nSPS) is 12.4. The fourth-order valence-electron chi connectivity index (χ4n) is 1.83. The molecule has 0 aliphatic heterocycles. The molecule has 0 saturated heterocycles. The average molecular weight is 267 g/mol. The molecule has 2 nitrogen and oxygen atoms in total. The van der Waals surface area contributed by atoms with Crippen molar-refractivity contribution in [1.29, 1.82) is 0 Å². The smallest absolute Gasteiger partial charge is 0.0630 e. The molecule has 2 aromatic rings. The van der Waals surface area contributed by atoms with Crippen LogP contribution in [0.5, 0.6) is 0 Å². The number of rotatable bonds is 3. The minimum atomic E-state index is 0.0456. The number of aromatic nitrogens is 1. The van der Waals surface area contributed by atoms with E-state index in [4.69, 9.17) is 28.9 Å². The quantitative estimate of drug-likeness (QED) is 0.924. The second-order valence-electron chi connectivity index (χ2n) is 3.71. The van der Waals surface area contributed by atoms with Gasteiger partial charge in [0.1, 0.15) is 0 Å². The number of hydrogen-bond donors (Lipinski definition) is 1. The first-order chi connectivity index (χ1) is 8.24. The van der Waals surface area contributed by atoms with Crippen molar-refractivity contribution in [2.75, 3.05) is 6.54 Å². The van der Waals surface area contributed by atoms with Crippen molar-refractivity contribution in [2.24, 2.45) is 5.73 Å². The van der Waals surface area contributed by atoms with Gasteiger partial charge in [0.2, 0.25) is 0 Å². The predicted octanol–water partition coefficient (Wildman–Crippen LogP) is 3.48. The van der Waals surface area contributed by atoms with Crippen molar-refractivity contribution in [2.45, 2.75) is 5.92 Å². The summed E-state index contributed by atoms with van der Waals surface area (Å²) in [7, 11) is 0. The van der Waals surface area contributed by atoms with E-state index in [9.17, 15) is 0 Å². The Hall–Kier alpha value is -1.09. The molecule has 0 amide bonds. The number of halogens is 2. The second kappa shape index (κ2) is 5.50. The molecule has 0 aliphatic rings. The van der Waals surface area contributed by atoms with E-state index in [0.717, 1.165) is 11.1 Å². The number of nitrogens with zero attached hydrogens (tertiary/aromatic N) is 1. The van der Waals surface area contributed by atoms with Gasteiger partial charge in [-0.2, -0.15) is 0 Å². The van der Waals surface area contributed by atoms with Crippen LogP contribution >= 0.6 is 23.2 Å². The molecule has 1 heterocycles. The van der Waals surface area contributed by atoms with Crippen molar-refractivity contribution in [1.82, 2.24) is 4.98 Å². The molecular formula is C13H12Cl2N2. The van der Waals surface area contributed by atoms with E-state index in [1.165, 1.54) is 0 Å². The van der Waals surface area contributed by atoms with Gasteiger partial charge in [-0.15, -0.1) is 0 Å². The molecule has 1 unspecified atom stereocenters. The van der Waals surface area contributed by atoms with Gasteiger partial charge in [0.25, 0.3) is 0 Å². The van der Waals surface area contributed by atoms with E-state index in [0.29, 0.717) is 16.6 Å². The topological polar surface area (TPSA) is 38.9 Å². The Kier molecular flexibility index (Phi) is 4.00. The maximum absolute atomic E-state index is 6.21. The lowest BCUT2D eigenvalue weighted by Crippen LogP contribution is -2.14. The van der Waals surface area contributed by atoms with Gasteiger partial charge < -0.3 is 5.73 Å². The van der Waals surface area contributed by atoms with E-state index in [1.54, 1.807) is 18.5 Å². The zero-order valence-electron chi connectivity index (χ0n) is 9.11. The van der Waals surface area contributed by atoms with E-state index < -0.39 is 0 Å². The summed E-state index contributed by atoms with van der Waals surface area (Å²) in [6.45, 7) is 0.476. The molecule has 0 fully saturated rings. The molecule has 0 bridgehead atoms. The molecule has 17 heavy (non-hydrogen) atoms. The molecule has 2 rings (SSSR count). The first kappa shape index (κ1) is 12.4. The lowest BCUT2D eigenvalue weighted by atomic mass is 9.92. The molecule has 0 spiro atoms. The summed E-state index contributed by atoms with van der Waals surface area (Å²) in [6, 6.07) is 9.48. The Balaban J connectivity index is 2.46. The highest BCUT2D eigenvalue weighted by molar-refractivity contribution is 6.42. The van der Waals surface area contributed by atoms with E-state index in [2.05, 4.69) is 4.98 Å². The van der Waals surface area contributed by atoms with Gasteiger partial charge in [-0.1, -0.05) is 35.3 Å². The number of hydrogen-bond acceptors (Lipinski definition) is 2. The van der Waals surface area contributed by atoms with Crippen LogP contribution in [-0.4, -0.2) is 11.5 Å². The van der Waals surface area contributed by atoms with Gasteiger partial charge in [0.05, 0.1) is 10.0 Å². The summed E-state index contributed by atoms with van der Waals surface area (Å²) in [5.41, 5.74) is 7.87. The lowest BCUT2D eigenvalue weighted by Gasteiger charge is -2.17. The van der Waals surface area contributed by atoms with Gasteiger partial charge in [0.15, 0.2) is 0 Å². The minimum absolute atomic E-state index is 0.0456. The molecule has 2 N–H and O–H groups in total. The van der Waals surface area contributed by atoms with Crippen molar-refractivity contribution in [3.63, 3.8) is 0 Å². The molecule has 1 aromatic carbocycles. The maximum Gasteiger partial charge on any atom is 0.0630 e. The SMILES string of the molecule is NCC(c1ccncc1)c1cccc(Cl)c1Cl. The summed E-state index contributed by atoms with van der Waals surface area (Å²) in [5.74, 6) is 0.0456. The summed E-state index contributed by atoms with van der Waals surface area (Å²) in [6.07, 6.45) is 3.49. The minimum Gasteiger partial charge on any atom is -0.330 e. The van der Waals surface area contributed by atoms with Gasteiger partial charge in [-0.25, -0.2) is 0 Å². The molecule has 88 valence electrons. The van der Waals surface area contributed by atoms with Gasteiger partial charge >= 0.3 is 0 Å². The highest BCUT2D eigenvalue weighted by Crippen LogP contribution is 2.33. The van der Waals surface area contributed by atoms with E-state index in [-0.39, 0.29) is 5.92 Å². The zero-order valence-corrected chi connectivity index (χ0v) is 10.6. The number of pyridine rings is 1. The lowest BCUT2D eigenvalue weighted by molar-refractivity contribution is 0.817. The molecule has 0 saturated carbocycles. The number of nitrogens with two attached hydrogens (primary N) is 1. The van der Waals surface area contributed by atoms with Crippen LogP contribution in [-0.2, 0) is 0 Å². The Morgan fingerprint density at radius 1 is 1.12 bits per heavy atom. The van der Waals surface area contributed by atoms with Crippen LogP contribution in [0.4, 0.5) is 0 Å². The highest BCUT2D eigenvalue weighted by atomic mass is 35.5. The van der Waals surface area contributed by atoms with Gasteiger partial charge in [0, 0.05) is 24.9 Å². The number of benzene rings is 1. The first-order valence-corrected chi connectivity index (χ1v) is 6.03. The predicted molar refractivity (Wildman–Crippen MR) is 71.6 cm³/mol. The fraction of sp³-hybridized carbons (Fsp3) is 0.154. The van der Waals surface area contributed by atoms with Crippen LogP contribution in [0.2, 0.25) is 10.0 Å². The maximum atomic E-state index is 6.21. The highest BCUT2D eigenvalue weighted by Gasteiger charge is 2.16. The summed E-state index contributed by atoms with van der Waals surface area (Å²) < 4.78 is 0. The van der Waals surface area contributed by atoms with Crippen molar-refractivity contribution < 1.29 is 0 Å². The van der Waals surface area contributed by atoms with Crippen LogP contribution < -0.4 is 5.73 Å². The monoisotopic (exact) mass is 266 g/mol. The van der Waals surface area contributed by atoms with Crippen LogP contribution in [0.1, 0.15) is 17.0 Å². The molecule has 1 aromatic heterocycles. The second-order valence-corrected chi connectivity index (χ2v) is 4.50.